The highest BCUT2D eigenvalue weighted by Gasteiger charge is 2.10. The zero-order valence-electron chi connectivity index (χ0n) is 11.3. The van der Waals surface area contributed by atoms with Gasteiger partial charge in [-0.2, -0.15) is 0 Å². The fourth-order valence-corrected chi connectivity index (χ4v) is 2.70. The van der Waals surface area contributed by atoms with Gasteiger partial charge in [0.05, 0.1) is 29.0 Å². The monoisotopic (exact) mass is 355 g/mol. The van der Waals surface area contributed by atoms with E-state index < -0.39 is 0 Å². The van der Waals surface area contributed by atoms with Crippen molar-refractivity contribution in [3.8, 4) is 5.75 Å². The van der Waals surface area contributed by atoms with Gasteiger partial charge in [-0.3, -0.25) is 0 Å². The van der Waals surface area contributed by atoms with E-state index in [1.807, 2.05) is 32.0 Å². The van der Waals surface area contributed by atoms with Gasteiger partial charge in [-0.05, 0) is 48.0 Å². The molecule has 0 unspecified atom stereocenters. The summed E-state index contributed by atoms with van der Waals surface area (Å²) in [6.45, 7) is 4.97. The van der Waals surface area contributed by atoms with Crippen LogP contribution in [0.4, 0.5) is 5.69 Å². The van der Waals surface area contributed by atoms with Crippen molar-refractivity contribution in [3.05, 3.63) is 45.4 Å². The van der Waals surface area contributed by atoms with Crippen LogP contribution in [0, 0.1) is 6.92 Å². The molecule has 0 fully saturated rings. The highest BCUT2D eigenvalue weighted by atomic mass is 79.9. The molecule has 4 nitrogen and oxygen atoms in total. The molecule has 0 aliphatic rings. The van der Waals surface area contributed by atoms with E-state index in [1.54, 1.807) is 6.20 Å². The highest BCUT2D eigenvalue weighted by molar-refractivity contribution is 9.10. The molecule has 0 atom stereocenters. The Morgan fingerprint density at radius 1 is 1.40 bits per heavy atom. The molecule has 1 aromatic heterocycles. The van der Waals surface area contributed by atoms with Crippen LogP contribution < -0.4 is 10.1 Å². The number of anilines is 1. The number of aromatic nitrogens is 2. The maximum Gasteiger partial charge on any atom is 0.156 e. The average molecular weight is 357 g/mol. The summed E-state index contributed by atoms with van der Waals surface area (Å²) >= 11 is 9.54. The molecule has 1 heterocycles. The number of ether oxygens (including phenoxy) is 1. The van der Waals surface area contributed by atoms with Gasteiger partial charge < -0.3 is 10.1 Å². The van der Waals surface area contributed by atoms with Gasteiger partial charge in [0.25, 0.3) is 0 Å². The molecule has 0 saturated carbocycles. The van der Waals surface area contributed by atoms with Crippen molar-refractivity contribution in [1.82, 2.24) is 9.97 Å². The minimum absolute atomic E-state index is 0.580. The quantitative estimate of drug-likeness (QED) is 0.871. The standard InChI is InChI=1S/C14H15BrClN3O/c1-3-20-14-12(15)6-10(16)7-13(14)18-8-11-4-5-17-9(2)19-11/h4-7,18H,3,8H2,1-2H3. The van der Waals surface area contributed by atoms with Crippen LogP contribution in [0.25, 0.3) is 0 Å². The lowest BCUT2D eigenvalue weighted by Gasteiger charge is -2.14. The third-order valence-corrected chi connectivity index (χ3v) is 3.40. The largest absolute Gasteiger partial charge is 0.491 e. The minimum Gasteiger partial charge on any atom is -0.491 e. The molecule has 0 amide bonds. The molecule has 1 N–H and O–H groups in total. The van der Waals surface area contributed by atoms with E-state index in [0.717, 1.165) is 27.4 Å². The number of aryl methyl sites for hydroxylation is 1. The van der Waals surface area contributed by atoms with Crippen LogP contribution in [0.2, 0.25) is 5.02 Å². The lowest BCUT2D eigenvalue weighted by Crippen LogP contribution is -2.05. The van der Waals surface area contributed by atoms with Crippen molar-refractivity contribution in [1.29, 1.82) is 0 Å². The topological polar surface area (TPSA) is 47.0 Å². The Morgan fingerprint density at radius 3 is 2.90 bits per heavy atom. The van der Waals surface area contributed by atoms with Crippen LogP contribution in [-0.2, 0) is 6.54 Å². The number of nitrogens with zero attached hydrogens (tertiary/aromatic N) is 2. The number of benzene rings is 1. The Kier molecular flexibility index (Phi) is 5.20. The van der Waals surface area contributed by atoms with Crippen LogP contribution in [0.3, 0.4) is 0 Å². The molecule has 0 aliphatic heterocycles. The molecule has 2 rings (SSSR count). The van der Waals surface area contributed by atoms with Gasteiger partial charge in [-0.1, -0.05) is 11.6 Å². The summed E-state index contributed by atoms with van der Waals surface area (Å²) < 4.78 is 6.46. The molecular formula is C14H15BrClN3O. The molecule has 0 radical (unpaired) electrons. The van der Waals surface area contributed by atoms with Crippen molar-refractivity contribution < 1.29 is 4.74 Å². The van der Waals surface area contributed by atoms with Crippen LogP contribution in [0.15, 0.2) is 28.9 Å². The van der Waals surface area contributed by atoms with Gasteiger partial charge in [0, 0.05) is 11.2 Å². The second-order valence-corrected chi connectivity index (χ2v) is 5.44. The predicted octanol–water partition coefficient (Wildman–Crippen LogP) is 4.21. The SMILES string of the molecule is CCOc1c(Br)cc(Cl)cc1NCc1ccnc(C)n1. The van der Waals surface area contributed by atoms with E-state index in [2.05, 4.69) is 31.2 Å². The first-order valence-electron chi connectivity index (χ1n) is 6.24. The van der Waals surface area contributed by atoms with Gasteiger partial charge >= 0.3 is 0 Å². The number of nitrogens with one attached hydrogen (secondary N) is 1. The Hall–Kier alpha value is -1.33. The number of halogens is 2. The predicted molar refractivity (Wildman–Crippen MR) is 84.4 cm³/mol. The Labute approximate surface area is 131 Å². The van der Waals surface area contributed by atoms with E-state index in [1.165, 1.54) is 0 Å². The van der Waals surface area contributed by atoms with E-state index in [4.69, 9.17) is 16.3 Å². The molecule has 106 valence electrons. The molecule has 0 spiro atoms. The third-order valence-electron chi connectivity index (χ3n) is 2.59. The summed E-state index contributed by atoms with van der Waals surface area (Å²) in [5.41, 5.74) is 1.75. The lowest BCUT2D eigenvalue weighted by atomic mass is 10.2. The van der Waals surface area contributed by atoms with Gasteiger partial charge in [0.1, 0.15) is 5.82 Å². The molecule has 20 heavy (non-hydrogen) atoms. The molecule has 0 bridgehead atoms. The molecule has 1 aromatic carbocycles. The Bertz CT molecular complexity index is 607. The van der Waals surface area contributed by atoms with E-state index in [0.29, 0.717) is 18.2 Å². The van der Waals surface area contributed by atoms with Crippen molar-refractivity contribution >= 4 is 33.2 Å². The zero-order valence-corrected chi connectivity index (χ0v) is 13.6. The van der Waals surface area contributed by atoms with E-state index >= 15 is 0 Å². The zero-order chi connectivity index (χ0) is 14.5. The van der Waals surface area contributed by atoms with Gasteiger partial charge in [0.2, 0.25) is 0 Å². The summed E-state index contributed by atoms with van der Waals surface area (Å²) in [6.07, 6.45) is 1.75. The molecule has 2 aromatic rings. The van der Waals surface area contributed by atoms with Crippen LogP contribution in [0.1, 0.15) is 18.4 Å². The fourth-order valence-electron chi connectivity index (χ4n) is 1.77. The lowest BCUT2D eigenvalue weighted by molar-refractivity contribution is 0.339. The van der Waals surface area contributed by atoms with E-state index in [9.17, 15) is 0 Å². The molecule has 6 heteroatoms. The van der Waals surface area contributed by atoms with Gasteiger partial charge in [-0.15, -0.1) is 0 Å². The summed E-state index contributed by atoms with van der Waals surface area (Å²) in [6, 6.07) is 5.53. The van der Waals surface area contributed by atoms with Crippen molar-refractivity contribution in [2.24, 2.45) is 0 Å². The second kappa shape index (κ2) is 6.90. The van der Waals surface area contributed by atoms with E-state index in [-0.39, 0.29) is 0 Å². The first-order chi connectivity index (χ1) is 9.60. The summed E-state index contributed by atoms with van der Waals surface area (Å²) in [5.74, 6) is 1.50. The highest BCUT2D eigenvalue weighted by Crippen LogP contribution is 2.36. The Morgan fingerprint density at radius 2 is 2.20 bits per heavy atom. The number of hydrogen-bond acceptors (Lipinski definition) is 4. The van der Waals surface area contributed by atoms with Crippen molar-refractivity contribution in [3.63, 3.8) is 0 Å². The van der Waals surface area contributed by atoms with Crippen molar-refractivity contribution in [2.45, 2.75) is 20.4 Å². The second-order valence-electron chi connectivity index (χ2n) is 4.15. The maximum atomic E-state index is 6.08. The number of rotatable bonds is 5. The first-order valence-corrected chi connectivity index (χ1v) is 7.41. The maximum absolute atomic E-state index is 6.08. The fraction of sp³-hybridized carbons (Fsp3) is 0.286. The molecular weight excluding hydrogens is 342 g/mol. The Balaban J connectivity index is 2.20. The van der Waals surface area contributed by atoms with Crippen molar-refractivity contribution in [2.75, 3.05) is 11.9 Å². The first kappa shape index (κ1) is 15.1. The number of hydrogen-bond donors (Lipinski definition) is 1. The third kappa shape index (κ3) is 3.84. The summed E-state index contributed by atoms with van der Waals surface area (Å²) in [7, 11) is 0. The molecule has 0 saturated heterocycles. The molecule has 0 aliphatic carbocycles. The minimum atomic E-state index is 0.580. The smallest absolute Gasteiger partial charge is 0.156 e. The average Bonchev–Trinajstić information content (AvgIpc) is 2.40. The van der Waals surface area contributed by atoms with Gasteiger partial charge in [-0.25, -0.2) is 9.97 Å². The van der Waals surface area contributed by atoms with Crippen LogP contribution in [0.5, 0.6) is 5.75 Å². The summed E-state index contributed by atoms with van der Waals surface area (Å²) in [4.78, 5) is 8.43. The van der Waals surface area contributed by atoms with Crippen LogP contribution in [-0.4, -0.2) is 16.6 Å². The summed E-state index contributed by atoms with van der Waals surface area (Å²) in [5, 5.41) is 3.93. The van der Waals surface area contributed by atoms with Gasteiger partial charge in [0.15, 0.2) is 5.75 Å². The normalized spacial score (nSPS) is 10.4. The van der Waals surface area contributed by atoms with Crippen LogP contribution >= 0.6 is 27.5 Å².